The summed E-state index contributed by atoms with van der Waals surface area (Å²) in [5.41, 5.74) is 1.95. The first-order valence-corrected chi connectivity index (χ1v) is 12.3. The van der Waals surface area contributed by atoms with Crippen LogP contribution in [0.15, 0.2) is 58.6 Å². The van der Waals surface area contributed by atoms with Crippen LogP contribution in [-0.2, 0) is 27.1 Å². The fourth-order valence-electron chi connectivity index (χ4n) is 3.15. The van der Waals surface area contributed by atoms with Crippen molar-refractivity contribution in [1.82, 2.24) is 19.5 Å². The molecule has 31 heavy (non-hydrogen) atoms. The molecule has 0 radical (unpaired) electrons. The number of benzene rings is 2. The van der Waals surface area contributed by atoms with Gasteiger partial charge in [-0.2, -0.15) is 4.31 Å². The Bertz CT molecular complexity index is 1130. The number of thioether (sulfide) groups is 1. The van der Waals surface area contributed by atoms with E-state index < -0.39 is 10.0 Å². The molecule has 1 fully saturated rings. The number of sulfonamides is 1. The maximum Gasteiger partial charge on any atom is 0.243 e. The van der Waals surface area contributed by atoms with Gasteiger partial charge >= 0.3 is 0 Å². The number of hydrogen-bond donors (Lipinski definition) is 1. The molecular weight excluding hydrogens is 436 g/mol. The molecule has 2 heterocycles. The first-order chi connectivity index (χ1) is 15.0. The van der Waals surface area contributed by atoms with Crippen molar-refractivity contribution in [3.8, 4) is 5.75 Å². The number of rotatable bonds is 8. The van der Waals surface area contributed by atoms with Crippen LogP contribution < -0.4 is 4.74 Å². The third kappa shape index (κ3) is 5.45. The van der Waals surface area contributed by atoms with E-state index in [9.17, 15) is 8.42 Å². The highest BCUT2D eigenvalue weighted by molar-refractivity contribution is 7.98. The highest BCUT2D eigenvalue weighted by atomic mass is 32.2. The third-order valence-electron chi connectivity index (χ3n) is 4.84. The van der Waals surface area contributed by atoms with E-state index in [4.69, 9.17) is 9.47 Å². The number of ether oxygens (including phenoxy) is 2. The fraction of sp³-hybridized carbons (Fsp3) is 0.333. The summed E-state index contributed by atoms with van der Waals surface area (Å²) in [7, 11) is -3.51. The smallest absolute Gasteiger partial charge is 0.243 e. The number of para-hydroxylation sites is 1. The van der Waals surface area contributed by atoms with Crippen molar-refractivity contribution >= 4 is 21.8 Å². The van der Waals surface area contributed by atoms with Crippen molar-refractivity contribution in [2.75, 3.05) is 26.3 Å². The summed E-state index contributed by atoms with van der Waals surface area (Å²) in [5.74, 6) is 2.00. The van der Waals surface area contributed by atoms with Crippen LogP contribution in [0.4, 0.5) is 0 Å². The number of nitrogens with one attached hydrogen (secondary N) is 1. The zero-order valence-corrected chi connectivity index (χ0v) is 18.8. The second kappa shape index (κ2) is 9.82. The minimum absolute atomic E-state index is 0.297. The van der Waals surface area contributed by atoms with Gasteiger partial charge in [0, 0.05) is 18.8 Å². The normalized spacial score (nSPS) is 15.1. The Morgan fingerprint density at radius 1 is 1.16 bits per heavy atom. The first kappa shape index (κ1) is 21.8. The van der Waals surface area contributed by atoms with Gasteiger partial charge < -0.3 is 9.47 Å². The standard InChI is InChI=1S/C21H24N4O4S2/c1-16-5-2-3-8-19(16)29-14-20-22-21(24-23-20)30-15-17-6-4-7-18(13-17)31(26,27)25-9-11-28-12-10-25/h2-8,13H,9-12,14-15H2,1H3,(H,22,23,24). The van der Waals surface area contributed by atoms with Gasteiger partial charge in [-0.1, -0.05) is 42.1 Å². The van der Waals surface area contributed by atoms with Crippen molar-refractivity contribution in [1.29, 1.82) is 0 Å². The van der Waals surface area contributed by atoms with Crippen LogP contribution in [0.2, 0.25) is 0 Å². The van der Waals surface area contributed by atoms with Crippen LogP contribution >= 0.6 is 11.8 Å². The van der Waals surface area contributed by atoms with Crippen LogP contribution in [0.5, 0.6) is 5.75 Å². The lowest BCUT2D eigenvalue weighted by Gasteiger charge is -2.26. The molecule has 0 saturated carbocycles. The molecule has 10 heteroatoms. The van der Waals surface area contributed by atoms with Crippen LogP contribution in [0, 0.1) is 6.92 Å². The van der Waals surface area contributed by atoms with E-state index in [2.05, 4.69) is 15.2 Å². The molecule has 3 aromatic rings. The Morgan fingerprint density at radius 3 is 2.77 bits per heavy atom. The van der Waals surface area contributed by atoms with E-state index in [-0.39, 0.29) is 0 Å². The molecule has 0 bridgehead atoms. The van der Waals surface area contributed by atoms with E-state index in [0.29, 0.717) is 54.5 Å². The number of nitrogens with zero attached hydrogens (tertiary/aromatic N) is 3. The lowest BCUT2D eigenvalue weighted by atomic mass is 10.2. The van der Waals surface area contributed by atoms with Gasteiger partial charge in [0.2, 0.25) is 15.2 Å². The average molecular weight is 461 g/mol. The Balaban J connectivity index is 1.35. The largest absolute Gasteiger partial charge is 0.485 e. The summed E-state index contributed by atoms with van der Waals surface area (Å²) < 4.78 is 38.2. The molecule has 4 rings (SSSR count). The topological polar surface area (TPSA) is 97.4 Å². The Morgan fingerprint density at radius 2 is 1.97 bits per heavy atom. The zero-order chi connectivity index (χ0) is 21.7. The van der Waals surface area contributed by atoms with Gasteiger partial charge in [0.25, 0.3) is 0 Å². The molecule has 1 aliphatic rings. The van der Waals surface area contributed by atoms with Crippen LogP contribution in [0.25, 0.3) is 0 Å². The van der Waals surface area contributed by atoms with Crippen molar-refractivity contribution < 1.29 is 17.9 Å². The Labute approximate surface area is 186 Å². The predicted molar refractivity (Wildman–Crippen MR) is 117 cm³/mol. The summed E-state index contributed by atoms with van der Waals surface area (Å²) in [6.45, 7) is 3.90. The maximum atomic E-state index is 12.8. The summed E-state index contributed by atoms with van der Waals surface area (Å²) in [6.07, 6.45) is 0. The van der Waals surface area contributed by atoms with E-state index >= 15 is 0 Å². The molecule has 0 amide bonds. The molecule has 0 spiro atoms. The van der Waals surface area contributed by atoms with E-state index in [1.807, 2.05) is 37.3 Å². The summed E-state index contributed by atoms with van der Waals surface area (Å²) >= 11 is 1.44. The molecule has 1 aliphatic heterocycles. The number of morpholine rings is 1. The zero-order valence-electron chi connectivity index (χ0n) is 17.2. The fourth-order valence-corrected chi connectivity index (χ4v) is 5.39. The van der Waals surface area contributed by atoms with Gasteiger partial charge in [-0.05, 0) is 36.2 Å². The molecule has 1 N–H and O–H groups in total. The highest BCUT2D eigenvalue weighted by Gasteiger charge is 2.26. The van der Waals surface area contributed by atoms with Crippen LogP contribution in [0.3, 0.4) is 0 Å². The predicted octanol–water partition coefficient (Wildman–Crippen LogP) is 3.01. The molecule has 1 saturated heterocycles. The van der Waals surface area contributed by atoms with Crippen molar-refractivity contribution in [2.24, 2.45) is 0 Å². The van der Waals surface area contributed by atoms with Gasteiger partial charge in [-0.3, -0.25) is 5.10 Å². The van der Waals surface area contributed by atoms with Gasteiger partial charge in [0.05, 0.1) is 18.1 Å². The van der Waals surface area contributed by atoms with E-state index in [0.717, 1.165) is 16.9 Å². The molecule has 0 aliphatic carbocycles. The SMILES string of the molecule is Cc1ccccc1OCc1nc(SCc2cccc(S(=O)(=O)N3CCOCC3)c2)n[nH]1. The number of aromatic amines is 1. The van der Waals surface area contributed by atoms with Crippen molar-refractivity contribution in [2.45, 2.75) is 29.3 Å². The maximum absolute atomic E-state index is 12.8. The quantitative estimate of drug-likeness (QED) is 0.516. The van der Waals surface area contributed by atoms with Gasteiger partial charge in [-0.25, -0.2) is 13.4 Å². The van der Waals surface area contributed by atoms with Gasteiger partial charge in [0.15, 0.2) is 5.82 Å². The monoisotopic (exact) mass is 460 g/mol. The van der Waals surface area contributed by atoms with Crippen molar-refractivity contribution in [3.05, 3.63) is 65.5 Å². The second-order valence-corrected chi connectivity index (χ2v) is 9.95. The summed E-state index contributed by atoms with van der Waals surface area (Å²) in [6, 6.07) is 14.8. The number of aryl methyl sites for hydroxylation is 1. The van der Waals surface area contributed by atoms with Crippen LogP contribution in [0.1, 0.15) is 17.0 Å². The lowest BCUT2D eigenvalue weighted by molar-refractivity contribution is 0.0730. The molecule has 2 aromatic carbocycles. The second-order valence-electron chi connectivity index (χ2n) is 7.07. The summed E-state index contributed by atoms with van der Waals surface area (Å²) in [4.78, 5) is 4.75. The third-order valence-corrected chi connectivity index (χ3v) is 7.66. The lowest BCUT2D eigenvalue weighted by Crippen LogP contribution is -2.40. The Kier molecular flexibility index (Phi) is 6.91. The highest BCUT2D eigenvalue weighted by Crippen LogP contribution is 2.24. The minimum Gasteiger partial charge on any atom is -0.485 e. The van der Waals surface area contributed by atoms with Gasteiger partial charge in [0.1, 0.15) is 12.4 Å². The van der Waals surface area contributed by atoms with Crippen molar-refractivity contribution in [3.63, 3.8) is 0 Å². The number of H-pyrrole nitrogens is 1. The first-order valence-electron chi connectivity index (χ1n) is 9.92. The number of aromatic nitrogens is 3. The molecular formula is C21H24N4O4S2. The van der Waals surface area contributed by atoms with E-state index in [1.165, 1.54) is 16.1 Å². The molecule has 164 valence electrons. The number of hydrogen-bond acceptors (Lipinski definition) is 7. The minimum atomic E-state index is -3.51. The molecule has 0 atom stereocenters. The van der Waals surface area contributed by atoms with E-state index in [1.54, 1.807) is 18.2 Å². The Hall–Kier alpha value is -2.40. The molecule has 8 nitrogen and oxygen atoms in total. The molecule has 1 aromatic heterocycles. The average Bonchev–Trinajstić information content (AvgIpc) is 3.26. The summed E-state index contributed by atoms with van der Waals surface area (Å²) in [5, 5.41) is 7.69. The van der Waals surface area contributed by atoms with Crippen LogP contribution in [-0.4, -0.2) is 54.2 Å². The molecule has 0 unspecified atom stereocenters. The van der Waals surface area contributed by atoms with Gasteiger partial charge in [-0.15, -0.1) is 5.10 Å².